The van der Waals surface area contributed by atoms with Crippen molar-refractivity contribution in [1.29, 1.82) is 0 Å². The molecule has 0 aromatic rings. The lowest BCUT2D eigenvalue weighted by Crippen LogP contribution is -2.47. The van der Waals surface area contributed by atoms with E-state index in [4.69, 9.17) is 5.73 Å². The first-order valence-electron chi connectivity index (χ1n) is 7.09. The van der Waals surface area contributed by atoms with Crippen molar-refractivity contribution >= 4 is 0 Å². The third-order valence-corrected chi connectivity index (χ3v) is 4.30. The number of piperidine rings is 1. The van der Waals surface area contributed by atoms with Crippen LogP contribution in [0.3, 0.4) is 0 Å². The van der Waals surface area contributed by atoms with Crippen LogP contribution in [-0.2, 0) is 0 Å². The van der Waals surface area contributed by atoms with Crippen LogP contribution < -0.4 is 5.73 Å². The van der Waals surface area contributed by atoms with E-state index < -0.39 is 0 Å². The van der Waals surface area contributed by atoms with Gasteiger partial charge in [0.1, 0.15) is 0 Å². The fourth-order valence-electron chi connectivity index (χ4n) is 2.74. The molecule has 1 aliphatic heterocycles. The highest BCUT2D eigenvalue weighted by molar-refractivity contribution is 4.84. The van der Waals surface area contributed by atoms with E-state index in [1.54, 1.807) is 0 Å². The first-order chi connectivity index (χ1) is 7.65. The molecular weight excluding hydrogens is 196 g/mol. The van der Waals surface area contributed by atoms with Gasteiger partial charge in [0.15, 0.2) is 0 Å². The molecule has 0 saturated carbocycles. The summed E-state index contributed by atoms with van der Waals surface area (Å²) in [5.41, 5.74) is 6.25. The summed E-state index contributed by atoms with van der Waals surface area (Å²) in [6, 6.07) is 0.830. The Hall–Kier alpha value is -0.0800. The molecule has 0 spiro atoms. The van der Waals surface area contributed by atoms with E-state index in [2.05, 4.69) is 25.7 Å². The van der Waals surface area contributed by atoms with Crippen LogP contribution in [0.25, 0.3) is 0 Å². The van der Waals surface area contributed by atoms with Crippen molar-refractivity contribution in [2.75, 3.05) is 19.6 Å². The van der Waals surface area contributed by atoms with Gasteiger partial charge < -0.3 is 5.73 Å². The second-order valence-electron chi connectivity index (χ2n) is 5.78. The highest BCUT2D eigenvalue weighted by Crippen LogP contribution is 2.27. The summed E-state index contributed by atoms with van der Waals surface area (Å²) >= 11 is 0. The number of likely N-dealkylation sites (tertiary alicyclic amines) is 1. The maximum absolute atomic E-state index is 5.93. The maximum atomic E-state index is 5.93. The van der Waals surface area contributed by atoms with E-state index in [-0.39, 0.29) is 0 Å². The average Bonchev–Trinajstić information content (AvgIpc) is 2.32. The number of rotatable bonds is 6. The molecule has 2 unspecified atom stereocenters. The van der Waals surface area contributed by atoms with Crippen LogP contribution in [0.1, 0.15) is 59.3 Å². The normalized spacial score (nSPS) is 26.6. The van der Waals surface area contributed by atoms with Crippen LogP contribution in [0.5, 0.6) is 0 Å². The molecule has 0 aliphatic carbocycles. The van der Waals surface area contributed by atoms with E-state index in [1.807, 2.05) is 0 Å². The number of hydrogen-bond acceptors (Lipinski definition) is 2. The Morgan fingerprint density at radius 3 is 2.62 bits per heavy atom. The minimum absolute atomic E-state index is 0.323. The van der Waals surface area contributed by atoms with Gasteiger partial charge in [-0.2, -0.15) is 0 Å². The lowest BCUT2D eigenvalue weighted by Gasteiger charge is -2.41. The van der Waals surface area contributed by atoms with Crippen LogP contribution in [0.15, 0.2) is 0 Å². The van der Waals surface area contributed by atoms with Crippen LogP contribution in [0.2, 0.25) is 0 Å². The molecule has 2 nitrogen and oxygen atoms in total. The topological polar surface area (TPSA) is 29.3 Å². The molecule has 2 atom stereocenters. The molecule has 2 N–H and O–H groups in total. The molecule has 0 aromatic carbocycles. The van der Waals surface area contributed by atoms with Gasteiger partial charge >= 0.3 is 0 Å². The fraction of sp³-hybridized carbons (Fsp3) is 1.00. The summed E-state index contributed by atoms with van der Waals surface area (Å²) in [5, 5.41) is 0. The van der Waals surface area contributed by atoms with E-state index in [1.165, 1.54) is 51.6 Å². The lowest BCUT2D eigenvalue weighted by molar-refractivity contribution is 0.0839. The molecule has 1 aliphatic rings. The standard InChI is InChI=1S/C14H30N2/c1-4-8-13-9-6-7-10-16(13)12-14(3,5-2)11-15/h13H,4-12,15H2,1-3H3. The maximum Gasteiger partial charge on any atom is 0.00954 e. The molecule has 1 saturated heterocycles. The Bertz CT molecular complexity index is 185. The Morgan fingerprint density at radius 1 is 1.31 bits per heavy atom. The molecule has 96 valence electrons. The van der Waals surface area contributed by atoms with Gasteiger partial charge in [0, 0.05) is 12.6 Å². The summed E-state index contributed by atoms with van der Waals surface area (Å²) in [6.45, 7) is 10.2. The van der Waals surface area contributed by atoms with E-state index in [0.29, 0.717) is 5.41 Å². The fourth-order valence-corrected chi connectivity index (χ4v) is 2.74. The summed E-state index contributed by atoms with van der Waals surface area (Å²) in [4.78, 5) is 2.71. The highest BCUT2D eigenvalue weighted by atomic mass is 15.2. The Morgan fingerprint density at radius 2 is 2.06 bits per heavy atom. The zero-order chi connectivity index (χ0) is 12.0. The highest BCUT2D eigenvalue weighted by Gasteiger charge is 2.29. The SMILES string of the molecule is CCCC1CCCCN1CC(C)(CC)CN. The summed E-state index contributed by atoms with van der Waals surface area (Å²) in [6.07, 6.45) is 8.07. The number of nitrogens with two attached hydrogens (primary N) is 1. The van der Waals surface area contributed by atoms with Crippen molar-refractivity contribution in [3.63, 3.8) is 0 Å². The first-order valence-corrected chi connectivity index (χ1v) is 7.09. The van der Waals surface area contributed by atoms with Crippen LogP contribution in [0.4, 0.5) is 0 Å². The number of hydrogen-bond donors (Lipinski definition) is 1. The average molecular weight is 226 g/mol. The van der Waals surface area contributed by atoms with Crippen LogP contribution in [-0.4, -0.2) is 30.6 Å². The van der Waals surface area contributed by atoms with Gasteiger partial charge in [-0.25, -0.2) is 0 Å². The molecule has 0 bridgehead atoms. The molecule has 2 heteroatoms. The molecule has 1 heterocycles. The minimum Gasteiger partial charge on any atom is -0.330 e. The summed E-state index contributed by atoms with van der Waals surface area (Å²) in [7, 11) is 0. The Balaban J connectivity index is 2.54. The van der Waals surface area contributed by atoms with Gasteiger partial charge in [-0.15, -0.1) is 0 Å². The molecule has 0 radical (unpaired) electrons. The van der Waals surface area contributed by atoms with Crippen LogP contribution >= 0.6 is 0 Å². The molecule has 16 heavy (non-hydrogen) atoms. The van der Waals surface area contributed by atoms with Crippen LogP contribution in [0, 0.1) is 5.41 Å². The molecule has 0 aromatic heterocycles. The van der Waals surface area contributed by atoms with Gasteiger partial charge in [-0.05, 0) is 44.2 Å². The van der Waals surface area contributed by atoms with E-state index >= 15 is 0 Å². The van der Waals surface area contributed by atoms with E-state index in [9.17, 15) is 0 Å². The zero-order valence-electron chi connectivity index (χ0n) is 11.5. The van der Waals surface area contributed by atoms with Gasteiger partial charge in [0.25, 0.3) is 0 Å². The second-order valence-corrected chi connectivity index (χ2v) is 5.78. The molecule has 1 fully saturated rings. The zero-order valence-corrected chi connectivity index (χ0v) is 11.5. The third kappa shape index (κ3) is 3.74. The summed E-state index contributed by atoms with van der Waals surface area (Å²) in [5.74, 6) is 0. The lowest BCUT2D eigenvalue weighted by atomic mass is 9.85. The van der Waals surface area contributed by atoms with Gasteiger partial charge in [0.2, 0.25) is 0 Å². The van der Waals surface area contributed by atoms with Crippen molar-refractivity contribution in [3.8, 4) is 0 Å². The number of nitrogens with zero attached hydrogens (tertiary/aromatic N) is 1. The predicted molar refractivity (Wildman–Crippen MR) is 71.6 cm³/mol. The van der Waals surface area contributed by atoms with Crippen molar-refractivity contribution < 1.29 is 0 Å². The molecule has 0 amide bonds. The molecular formula is C14H30N2. The Labute approximate surface area is 102 Å². The molecule has 1 rings (SSSR count). The van der Waals surface area contributed by atoms with Crippen molar-refractivity contribution in [1.82, 2.24) is 4.90 Å². The van der Waals surface area contributed by atoms with Gasteiger partial charge in [0.05, 0.1) is 0 Å². The van der Waals surface area contributed by atoms with E-state index in [0.717, 1.165) is 12.6 Å². The van der Waals surface area contributed by atoms with Crippen molar-refractivity contribution in [2.24, 2.45) is 11.1 Å². The first kappa shape index (κ1) is 14.0. The van der Waals surface area contributed by atoms with Crippen molar-refractivity contribution in [2.45, 2.75) is 65.3 Å². The van der Waals surface area contributed by atoms with Gasteiger partial charge in [-0.3, -0.25) is 4.90 Å². The quantitative estimate of drug-likeness (QED) is 0.754. The van der Waals surface area contributed by atoms with Crippen molar-refractivity contribution in [3.05, 3.63) is 0 Å². The predicted octanol–water partition coefficient (Wildman–Crippen LogP) is 3.02. The Kier molecular flexibility index (Phi) is 5.77. The third-order valence-electron chi connectivity index (χ3n) is 4.30. The smallest absolute Gasteiger partial charge is 0.00954 e. The largest absolute Gasteiger partial charge is 0.330 e. The minimum atomic E-state index is 0.323. The second kappa shape index (κ2) is 6.61. The monoisotopic (exact) mass is 226 g/mol. The summed E-state index contributed by atoms with van der Waals surface area (Å²) < 4.78 is 0. The van der Waals surface area contributed by atoms with Gasteiger partial charge in [-0.1, -0.05) is 33.6 Å².